The summed E-state index contributed by atoms with van der Waals surface area (Å²) in [5.41, 5.74) is 0. The zero-order chi connectivity index (χ0) is 30.9. The first-order chi connectivity index (χ1) is 20.5. The van der Waals surface area contributed by atoms with Crippen molar-refractivity contribution in [3.63, 3.8) is 0 Å². The first-order valence-electron chi connectivity index (χ1n) is 18.2. The monoisotopic (exact) mass is 591 g/mol. The summed E-state index contributed by atoms with van der Waals surface area (Å²) >= 11 is 0. The average molecular weight is 591 g/mol. The minimum absolute atomic E-state index is 0.182. The van der Waals surface area contributed by atoms with Crippen LogP contribution >= 0.6 is 0 Å². The number of rotatable bonds is 31. The number of esters is 2. The van der Waals surface area contributed by atoms with Crippen molar-refractivity contribution in [3.8, 4) is 0 Å². The van der Waals surface area contributed by atoms with E-state index in [1.165, 1.54) is 122 Å². The lowest BCUT2D eigenvalue weighted by molar-refractivity contribution is -0.165. The molecule has 0 heterocycles. The molecule has 0 saturated heterocycles. The summed E-state index contributed by atoms with van der Waals surface area (Å²) in [5.74, 6) is -0.368. The third-order valence-electron chi connectivity index (χ3n) is 8.08. The second kappa shape index (κ2) is 32.3. The molecular formula is C38H70O4. The van der Waals surface area contributed by atoms with Gasteiger partial charge < -0.3 is 9.47 Å². The lowest BCUT2D eigenvalue weighted by Crippen LogP contribution is -2.30. The van der Waals surface area contributed by atoms with Gasteiger partial charge in [0, 0.05) is 12.8 Å². The largest absolute Gasteiger partial charge is 0.459 e. The van der Waals surface area contributed by atoms with E-state index in [4.69, 9.17) is 9.47 Å². The van der Waals surface area contributed by atoms with Crippen LogP contribution in [0.2, 0.25) is 0 Å². The lowest BCUT2D eigenvalue weighted by atomic mass is 10.1. The van der Waals surface area contributed by atoms with Crippen LogP contribution in [0.15, 0.2) is 24.3 Å². The highest BCUT2D eigenvalue weighted by molar-refractivity contribution is 5.70. The quantitative estimate of drug-likeness (QED) is 0.0458. The molecule has 0 amide bonds. The Labute approximate surface area is 261 Å². The van der Waals surface area contributed by atoms with E-state index in [0.717, 1.165) is 32.1 Å². The first-order valence-corrected chi connectivity index (χ1v) is 18.2. The van der Waals surface area contributed by atoms with Gasteiger partial charge in [0.2, 0.25) is 0 Å². The Morgan fingerprint density at radius 1 is 0.429 bits per heavy atom. The van der Waals surface area contributed by atoms with Crippen molar-refractivity contribution >= 4 is 11.9 Å². The summed E-state index contributed by atoms with van der Waals surface area (Å²) in [4.78, 5) is 24.4. The molecule has 4 nitrogen and oxygen atoms in total. The van der Waals surface area contributed by atoms with Crippen molar-refractivity contribution in [2.24, 2.45) is 0 Å². The number of hydrogen-bond donors (Lipinski definition) is 0. The Morgan fingerprint density at radius 3 is 1.00 bits per heavy atom. The summed E-state index contributed by atoms with van der Waals surface area (Å²) < 4.78 is 11.0. The Bertz CT molecular complexity index is 653. The molecule has 2 unspecified atom stereocenters. The number of carbonyl (C=O) groups is 2. The van der Waals surface area contributed by atoms with Crippen molar-refractivity contribution in [2.75, 3.05) is 0 Å². The van der Waals surface area contributed by atoms with E-state index in [9.17, 15) is 9.59 Å². The topological polar surface area (TPSA) is 52.6 Å². The van der Waals surface area contributed by atoms with Crippen LogP contribution in [0.25, 0.3) is 0 Å². The van der Waals surface area contributed by atoms with Gasteiger partial charge in [0.15, 0.2) is 0 Å². The minimum atomic E-state index is -0.411. The first kappa shape index (κ1) is 40.4. The zero-order valence-electron chi connectivity index (χ0n) is 28.5. The number of ether oxygens (including phenoxy) is 2. The summed E-state index contributed by atoms with van der Waals surface area (Å²) in [6.45, 7) is 8.14. The van der Waals surface area contributed by atoms with E-state index in [0.29, 0.717) is 12.8 Å². The molecule has 0 aliphatic carbocycles. The molecule has 0 fully saturated rings. The van der Waals surface area contributed by atoms with E-state index in [1.54, 1.807) is 0 Å². The predicted octanol–water partition coefficient (Wildman–Crippen LogP) is 12.1. The normalized spacial score (nSPS) is 13.1. The van der Waals surface area contributed by atoms with Crippen LogP contribution in [0.1, 0.15) is 195 Å². The fraction of sp³-hybridized carbons (Fsp3) is 0.842. The highest BCUT2D eigenvalue weighted by Crippen LogP contribution is 2.14. The van der Waals surface area contributed by atoms with Crippen LogP contribution in [0.3, 0.4) is 0 Å². The van der Waals surface area contributed by atoms with E-state index >= 15 is 0 Å². The predicted molar refractivity (Wildman–Crippen MR) is 181 cm³/mol. The molecule has 0 aliphatic rings. The second-order valence-corrected chi connectivity index (χ2v) is 12.4. The summed E-state index contributed by atoms with van der Waals surface area (Å²) in [7, 11) is 0. The number of unbranched alkanes of at least 4 members (excludes halogenated alkanes) is 20. The van der Waals surface area contributed by atoms with Crippen molar-refractivity contribution < 1.29 is 19.1 Å². The number of allylic oxidation sites excluding steroid dienone is 4. The molecule has 0 radical (unpaired) electrons. The third kappa shape index (κ3) is 29.9. The van der Waals surface area contributed by atoms with Crippen molar-refractivity contribution in [2.45, 2.75) is 207 Å². The maximum atomic E-state index is 12.2. The molecule has 42 heavy (non-hydrogen) atoms. The van der Waals surface area contributed by atoms with Crippen LogP contribution in [0.4, 0.5) is 0 Å². The molecule has 0 rings (SSSR count). The second-order valence-electron chi connectivity index (χ2n) is 12.4. The molecule has 246 valence electrons. The Balaban J connectivity index is 3.60. The number of carbonyl (C=O) groups excluding carboxylic acids is 2. The van der Waals surface area contributed by atoms with Crippen LogP contribution < -0.4 is 0 Å². The van der Waals surface area contributed by atoms with Gasteiger partial charge in [0.25, 0.3) is 0 Å². The van der Waals surface area contributed by atoms with Crippen molar-refractivity contribution in [1.82, 2.24) is 0 Å². The fourth-order valence-corrected chi connectivity index (χ4v) is 5.05. The number of hydrogen-bond acceptors (Lipinski definition) is 4. The molecule has 2 atom stereocenters. The molecule has 0 N–H and O–H groups in total. The third-order valence-corrected chi connectivity index (χ3v) is 8.08. The molecular weight excluding hydrogens is 520 g/mol. The SMILES string of the molecule is CCCCCC/C=C\CCCCCCCC(=O)OC(C)C(C)OC(=O)CCCCCCCCC/C=C/CCCCCC. The van der Waals surface area contributed by atoms with E-state index < -0.39 is 12.2 Å². The lowest BCUT2D eigenvalue weighted by Gasteiger charge is -2.21. The summed E-state index contributed by atoms with van der Waals surface area (Å²) in [6.07, 6.45) is 38.8. The Hall–Kier alpha value is -1.58. The van der Waals surface area contributed by atoms with Gasteiger partial charge in [-0.05, 0) is 78.1 Å². The highest BCUT2D eigenvalue weighted by atomic mass is 16.6. The highest BCUT2D eigenvalue weighted by Gasteiger charge is 2.20. The smallest absolute Gasteiger partial charge is 0.306 e. The molecule has 0 aliphatic heterocycles. The summed E-state index contributed by atoms with van der Waals surface area (Å²) in [6, 6.07) is 0. The van der Waals surface area contributed by atoms with E-state index in [1.807, 2.05) is 13.8 Å². The summed E-state index contributed by atoms with van der Waals surface area (Å²) in [5, 5.41) is 0. The standard InChI is InChI=1S/C38H70O4/c1-5-7-9-11-13-15-17-19-20-22-24-26-28-30-32-34-38(40)42-36(4)35(3)41-37(39)33-31-29-27-25-23-21-18-16-14-12-10-8-6-2/h15-18,35-36H,5-14,19-34H2,1-4H3/b17-15+,18-16-. The van der Waals surface area contributed by atoms with Gasteiger partial charge >= 0.3 is 11.9 Å². The Kier molecular flexibility index (Phi) is 31.1. The van der Waals surface area contributed by atoms with Gasteiger partial charge in [-0.1, -0.05) is 128 Å². The van der Waals surface area contributed by atoms with Gasteiger partial charge in [-0.2, -0.15) is 0 Å². The molecule has 0 aromatic heterocycles. The van der Waals surface area contributed by atoms with Crippen LogP contribution in [0.5, 0.6) is 0 Å². The molecule has 4 heteroatoms. The van der Waals surface area contributed by atoms with Gasteiger partial charge in [-0.15, -0.1) is 0 Å². The van der Waals surface area contributed by atoms with E-state index in [-0.39, 0.29) is 11.9 Å². The Morgan fingerprint density at radius 2 is 0.690 bits per heavy atom. The van der Waals surface area contributed by atoms with Crippen LogP contribution in [0, 0.1) is 0 Å². The van der Waals surface area contributed by atoms with Crippen molar-refractivity contribution in [1.29, 1.82) is 0 Å². The van der Waals surface area contributed by atoms with Gasteiger partial charge in [-0.3, -0.25) is 9.59 Å². The molecule has 0 spiro atoms. The average Bonchev–Trinajstić information content (AvgIpc) is 2.97. The van der Waals surface area contributed by atoms with Gasteiger partial charge in [0.1, 0.15) is 12.2 Å². The van der Waals surface area contributed by atoms with E-state index in [2.05, 4.69) is 38.2 Å². The van der Waals surface area contributed by atoms with Gasteiger partial charge in [-0.25, -0.2) is 0 Å². The zero-order valence-corrected chi connectivity index (χ0v) is 28.5. The molecule has 0 aromatic carbocycles. The van der Waals surface area contributed by atoms with Crippen LogP contribution in [-0.2, 0) is 19.1 Å². The molecule has 0 saturated carbocycles. The van der Waals surface area contributed by atoms with Crippen LogP contribution in [-0.4, -0.2) is 24.1 Å². The maximum Gasteiger partial charge on any atom is 0.306 e. The molecule has 0 aromatic rings. The van der Waals surface area contributed by atoms with Gasteiger partial charge in [0.05, 0.1) is 0 Å². The van der Waals surface area contributed by atoms with Crippen molar-refractivity contribution in [3.05, 3.63) is 24.3 Å². The minimum Gasteiger partial charge on any atom is -0.459 e. The maximum absolute atomic E-state index is 12.2. The molecule has 0 bridgehead atoms. The fourth-order valence-electron chi connectivity index (χ4n) is 5.05.